The molecule has 2 heterocycles. The zero-order valence-electron chi connectivity index (χ0n) is 9.98. The molecule has 1 saturated carbocycles. The number of fused-ring (bicyclic) bond motifs is 1. The van der Waals surface area contributed by atoms with E-state index < -0.39 is 0 Å². The lowest BCUT2D eigenvalue weighted by molar-refractivity contribution is 0.0397. The predicted octanol–water partition coefficient (Wildman–Crippen LogP) is 2.19. The van der Waals surface area contributed by atoms with Crippen molar-refractivity contribution in [2.75, 3.05) is 20.1 Å². The Morgan fingerprint density at radius 3 is 3.06 bits per heavy atom. The van der Waals surface area contributed by atoms with Crippen LogP contribution < -0.4 is 0 Å². The Morgan fingerprint density at radius 1 is 1.38 bits per heavy atom. The van der Waals surface area contributed by atoms with Gasteiger partial charge in [0.25, 0.3) is 0 Å². The number of likely N-dealkylation sites (N-methyl/N-ethyl adjacent to an activating group) is 1. The second-order valence-corrected chi connectivity index (χ2v) is 5.25. The van der Waals surface area contributed by atoms with Gasteiger partial charge in [-0.05, 0) is 38.3 Å². The highest BCUT2D eigenvalue weighted by Gasteiger charge is 2.37. The van der Waals surface area contributed by atoms with E-state index in [1.54, 1.807) is 0 Å². The van der Waals surface area contributed by atoms with Gasteiger partial charge >= 0.3 is 0 Å². The molecule has 0 amide bonds. The van der Waals surface area contributed by atoms with Crippen molar-refractivity contribution in [1.82, 2.24) is 4.90 Å². The van der Waals surface area contributed by atoms with Crippen molar-refractivity contribution >= 4 is 5.71 Å². The van der Waals surface area contributed by atoms with Gasteiger partial charge in [-0.2, -0.15) is 0 Å². The summed E-state index contributed by atoms with van der Waals surface area (Å²) in [6.07, 6.45) is 9.00. The van der Waals surface area contributed by atoms with Gasteiger partial charge in [-0.3, -0.25) is 0 Å². The summed E-state index contributed by atoms with van der Waals surface area (Å²) in [6.45, 7) is 2.22. The fourth-order valence-corrected chi connectivity index (χ4v) is 3.03. The van der Waals surface area contributed by atoms with Crippen molar-refractivity contribution < 1.29 is 4.84 Å². The smallest absolute Gasteiger partial charge is 0.136 e. The van der Waals surface area contributed by atoms with E-state index in [-0.39, 0.29) is 0 Å². The van der Waals surface area contributed by atoms with Gasteiger partial charge in [0.15, 0.2) is 0 Å². The number of nitrogens with zero attached hydrogens (tertiary/aromatic N) is 2. The first-order chi connectivity index (χ1) is 7.84. The van der Waals surface area contributed by atoms with Crippen LogP contribution in [0.1, 0.15) is 32.1 Å². The topological polar surface area (TPSA) is 24.8 Å². The molecule has 3 aliphatic rings. The largest absolute Gasteiger partial charge is 0.392 e. The Balaban J connectivity index is 1.75. The molecule has 2 aliphatic heterocycles. The monoisotopic (exact) mass is 220 g/mol. The normalized spacial score (nSPS) is 35.1. The average molecular weight is 220 g/mol. The van der Waals surface area contributed by atoms with Crippen molar-refractivity contribution in [3.05, 3.63) is 11.6 Å². The Labute approximate surface area is 97.1 Å². The van der Waals surface area contributed by atoms with E-state index in [1.807, 2.05) is 0 Å². The summed E-state index contributed by atoms with van der Waals surface area (Å²) in [6, 6.07) is 0. The van der Waals surface area contributed by atoms with Gasteiger partial charge in [-0.25, -0.2) is 0 Å². The molecule has 0 aromatic heterocycles. The second-order valence-electron chi connectivity index (χ2n) is 5.25. The van der Waals surface area contributed by atoms with Crippen LogP contribution in [0.15, 0.2) is 16.8 Å². The van der Waals surface area contributed by atoms with Gasteiger partial charge in [0.1, 0.15) is 6.10 Å². The van der Waals surface area contributed by atoms with Gasteiger partial charge in [-0.15, -0.1) is 0 Å². The highest BCUT2D eigenvalue weighted by Crippen LogP contribution is 2.35. The van der Waals surface area contributed by atoms with E-state index >= 15 is 0 Å². The summed E-state index contributed by atoms with van der Waals surface area (Å²) in [7, 11) is 2.17. The lowest BCUT2D eigenvalue weighted by atomic mass is 9.80. The molecule has 1 fully saturated rings. The van der Waals surface area contributed by atoms with Crippen LogP contribution in [0.25, 0.3) is 0 Å². The molecule has 2 atom stereocenters. The minimum absolute atomic E-state index is 0.393. The molecule has 2 unspecified atom stereocenters. The summed E-state index contributed by atoms with van der Waals surface area (Å²) >= 11 is 0. The Hall–Kier alpha value is -0.830. The van der Waals surface area contributed by atoms with Crippen LogP contribution in [-0.2, 0) is 4.84 Å². The van der Waals surface area contributed by atoms with Crippen LogP contribution >= 0.6 is 0 Å². The van der Waals surface area contributed by atoms with E-state index in [1.165, 1.54) is 37.0 Å². The minimum Gasteiger partial charge on any atom is -0.392 e. The minimum atomic E-state index is 0.393. The molecular formula is C13H20N2O. The van der Waals surface area contributed by atoms with Crippen molar-refractivity contribution in [1.29, 1.82) is 0 Å². The van der Waals surface area contributed by atoms with Crippen LogP contribution in [-0.4, -0.2) is 36.9 Å². The van der Waals surface area contributed by atoms with E-state index in [0.29, 0.717) is 12.0 Å². The number of rotatable bonds is 1. The van der Waals surface area contributed by atoms with Crippen LogP contribution in [0, 0.1) is 5.92 Å². The standard InChI is InChI=1S/C13H20N2O/c1-15-8-6-10(7-9-15)13-11-4-2-3-5-12(11)16-14-13/h6,11-12H,2-5,7-9H2,1H3. The zero-order valence-corrected chi connectivity index (χ0v) is 9.98. The molecule has 88 valence electrons. The summed E-state index contributed by atoms with van der Waals surface area (Å²) in [4.78, 5) is 7.93. The highest BCUT2D eigenvalue weighted by atomic mass is 16.6. The van der Waals surface area contributed by atoms with Crippen LogP contribution in [0.3, 0.4) is 0 Å². The molecule has 0 aromatic rings. The van der Waals surface area contributed by atoms with Crippen LogP contribution in [0.5, 0.6) is 0 Å². The molecule has 0 saturated heterocycles. The third-order valence-corrected chi connectivity index (χ3v) is 4.08. The zero-order chi connectivity index (χ0) is 11.0. The average Bonchev–Trinajstić information content (AvgIpc) is 2.74. The third-order valence-electron chi connectivity index (χ3n) is 4.08. The molecule has 3 rings (SSSR count). The summed E-state index contributed by atoms with van der Waals surface area (Å²) < 4.78 is 0. The van der Waals surface area contributed by atoms with E-state index in [0.717, 1.165) is 19.5 Å². The lowest BCUT2D eigenvalue weighted by Gasteiger charge is -2.26. The molecule has 3 nitrogen and oxygen atoms in total. The first kappa shape index (κ1) is 10.3. The molecule has 0 aromatic carbocycles. The predicted molar refractivity (Wildman–Crippen MR) is 64.5 cm³/mol. The van der Waals surface area contributed by atoms with Crippen LogP contribution in [0.4, 0.5) is 0 Å². The highest BCUT2D eigenvalue weighted by molar-refractivity contribution is 6.02. The molecule has 3 heteroatoms. The van der Waals surface area contributed by atoms with Gasteiger partial charge in [0, 0.05) is 19.0 Å². The number of hydrogen-bond donors (Lipinski definition) is 0. The van der Waals surface area contributed by atoms with Gasteiger partial charge < -0.3 is 9.74 Å². The number of hydrogen-bond acceptors (Lipinski definition) is 3. The molecule has 0 spiro atoms. The van der Waals surface area contributed by atoms with E-state index in [9.17, 15) is 0 Å². The van der Waals surface area contributed by atoms with Gasteiger partial charge in [0.05, 0.1) is 5.71 Å². The molecule has 0 N–H and O–H groups in total. The fourth-order valence-electron chi connectivity index (χ4n) is 3.03. The lowest BCUT2D eigenvalue weighted by Crippen LogP contribution is -2.31. The molecule has 0 bridgehead atoms. The van der Waals surface area contributed by atoms with E-state index in [4.69, 9.17) is 4.84 Å². The first-order valence-electron chi connectivity index (χ1n) is 6.46. The maximum absolute atomic E-state index is 5.58. The Bertz CT molecular complexity index is 335. The Morgan fingerprint density at radius 2 is 2.25 bits per heavy atom. The SMILES string of the molecule is CN1CC=C(C2=NOC3CCCCC23)CC1. The summed E-state index contributed by atoms with van der Waals surface area (Å²) in [5, 5.41) is 4.36. The first-order valence-corrected chi connectivity index (χ1v) is 6.46. The quantitative estimate of drug-likeness (QED) is 0.676. The van der Waals surface area contributed by atoms with Crippen molar-refractivity contribution in [3.8, 4) is 0 Å². The van der Waals surface area contributed by atoms with Gasteiger partial charge in [-0.1, -0.05) is 17.7 Å². The van der Waals surface area contributed by atoms with Gasteiger partial charge in [0.2, 0.25) is 0 Å². The summed E-state index contributed by atoms with van der Waals surface area (Å²) in [5.41, 5.74) is 2.73. The number of oxime groups is 1. The summed E-state index contributed by atoms with van der Waals surface area (Å²) in [5.74, 6) is 0.600. The van der Waals surface area contributed by atoms with Crippen LogP contribution in [0.2, 0.25) is 0 Å². The van der Waals surface area contributed by atoms with E-state index in [2.05, 4.69) is 23.2 Å². The fraction of sp³-hybridized carbons (Fsp3) is 0.769. The van der Waals surface area contributed by atoms with Crippen molar-refractivity contribution in [2.45, 2.75) is 38.2 Å². The molecule has 0 radical (unpaired) electrons. The molecular weight excluding hydrogens is 200 g/mol. The molecule has 16 heavy (non-hydrogen) atoms. The third kappa shape index (κ3) is 1.77. The van der Waals surface area contributed by atoms with Crippen molar-refractivity contribution in [2.24, 2.45) is 11.1 Å². The van der Waals surface area contributed by atoms with Crippen molar-refractivity contribution in [3.63, 3.8) is 0 Å². The maximum atomic E-state index is 5.58. The Kier molecular flexibility index (Phi) is 2.72. The second kappa shape index (κ2) is 4.21. The maximum Gasteiger partial charge on any atom is 0.136 e. The molecule has 1 aliphatic carbocycles.